The first-order valence-corrected chi connectivity index (χ1v) is 8.32. The Morgan fingerprint density at radius 3 is 1.71 bits per heavy atom. The lowest BCUT2D eigenvalue weighted by molar-refractivity contribution is 1.07. The molecule has 3 aromatic carbocycles. The molecule has 2 N–H and O–H groups in total. The van der Waals surface area contributed by atoms with Gasteiger partial charge < -0.3 is 5.73 Å². The molecule has 0 aliphatic rings. The fraction of sp³-hybridized carbons (Fsp3) is 0.0526. The average molecular weight is 290 g/mol. The van der Waals surface area contributed by atoms with Gasteiger partial charge in [0, 0.05) is 27.8 Å². The summed E-state index contributed by atoms with van der Waals surface area (Å²) in [5, 5.41) is 2.75. The van der Waals surface area contributed by atoms with Crippen LogP contribution in [-0.4, -0.2) is 0 Å². The van der Waals surface area contributed by atoms with Crippen molar-refractivity contribution >= 4 is 30.6 Å². The highest BCUT2D eigenvalue weighted by Crippen LogP contribution is 2.47. The number of rotatable bonds is 2. The van der Waals surface area contributed by atoms with Gasteiger partial charge in [-0.2, -0.15) is 0 Å². The minimum atomic E-state index is 0.00837. The maximum atomic E-state index is 5.71. The summed E-state index contributed by atoms with van der Waals surface area (Å²) < 4.78 is 2.86. The zero-order valence-corrected chi connectivity index (χ0v) is 12.4. The first-order valence-electron chi connectivity index (χ1n) is 7.10. The Balaban J connectivity index is 2.09. The van der Waals surface area contributed by atoms with Crippen LogP contribution in [0.5, 0.6) is 0 Å². The van der Waals surface area contributed by atoms with E-state index < -0.39 is 0 Å². The van der Waals surface area contributed by atoms with Gasteiger partial charge in [0.1, 0.15) is 0 Å². The van der Waals surface area contributed by atoms with Crippen LogP contribution in [0.25, 0.3) is 25.1 Å². The summed E-state index contributed by atoms with van der Waals surface area (Å²) in [6, 6.07) is 26.2. The molecule has 0 bridgehead atoms. The Kier molecular flexibility index (Phi) is 2.99. The molecule has 102 valence electrons. The Labute approximate surface area is 126 Å². The van der Waals surface area contributed by atoms with Gasteiger partial charge in [0.25, 0.3) is 0 Å². The minimum Gasteiger partial charge on any atom is -0.326 e. The smallest absolute Gasteiger partial charge is 0.187 e. The Morgan fingerprint density at radius 1 is 0.667 bits per heavy atom. The van der Waals surface area contributed by atoms with Crippen LogP contribution in [0.1, 0.15) is 5.56 Å². The van der Waals surface area contributed by atoms with Crippen molar-refractivity contribution in [2.45, 2.75) is 6.54 Å². The third kappa shape index (κ3) is 1.96. The summed E-state index contributed by atoms with van der Waals surface area (Å²) in [7, 11) is 0.00837. The van der Waals surface area contributed by atoms with Gasteiger partial charge in [-0.05, 0) is 42.0 Å². The molecule has 1 nitrogen and oxygen atoms in total. The van der Waals surface area contributed by atoms with Crippen molar-refractivity contribution in [3.63, 3.8) is 0 Å². The van der Waals surface area contributed by atoms with Crippen LogP contribution in [0.15, 0.2) is 72.8 Å². The minimum absolute atomic E-state index is 0.00837. The molecule has 0 saturated carbocycles. The van der Waals surface area contributed by atoms with Crippen molar-refractivity contribution in [2.75, 3.05) is 0 Å². The summed E-state index contributed by atoms with van der Waals surface area (Å²) in [5.41, 5.74) is 6.89. The van der Waals surface area contributed by atoms with Crippen molar-refractivity contribution in [3.8, 4) is 4.90 Å². The van der Waals surface area contributed by atoms with Crippen LogP contribution >= 0.6 is 10.5 Å². The largest absolute Gasteiger partial charge is 0.326 e. The lowest BCUT2D eigenvalue weighted by Crippen LogP contribution is -1.94. The van der Waals surface area contributed by atoms with Gasteiger partial charge in [-0.1, -0.05) is 36.4 Å². The fourth-order valence-electron chi connectivity index (χ4n) is 2.87. The normalized spacial score (nSPS) is 11.3. The van der Waals surface area contributed by atoms with E-state index in [-0.39, 0.29) is 10.5 Å². The van der Waals surface area contributed by atoms with Crippen molar-refractivity contribution in [1.29, 1.82) is 0 Å². The van der Waals surface area contributed by atoms with E-state index in [1.165, 1.54) is 30.6 Å². The van der Waals surface area contributed by atoms with E-state index in [1.807, 2.05) is 0 Å². The fourth-order valence-corrected chi connectivity index (χ4v) is 5.25. The van der Waals surface area contributed by atoms with Crippen LogP contribution in [-0.2, 0) is 6.54 Å². The van der Waals surface area contributed by atoms with E-state index in [0.29, 0.717) is 6.54 Å². The summed E-state index contributed by atoms with van der Waals surface area (Å²) in [6.07, 6.45) is 0. The Morgan fingerprint density at radius 2 is 1.19 bits per heavy atom. The summed E-state index contributed by atoms with van der Waals surface area (Å²) >= 11 is 0. The van der Waals surface area contributed by atoms with Crippen LogP contribution < -0.4 is 5.73 Å². The van der Waals surface area contributed by atoms with Crippen LogP contribution in [0.4, 0.5) is 0 Å². The van der Waals surface area contributed by atoms with Crippen molar-refractivity contribution in [2.24, 2.45) is 5.73 Å². The molecule has 2 heteroatoms. The molecule has 0 radical (unpaired) electrons. The molecule has 0 amide bonds. The van der Waals surface area contributed by atoms with Crippen LogP contribution in [0, 0.1) is 0 Å². The van der Waals surface area contributed by atoms with Gasteiger partial charge in [-0.15, -0.1) is 0 Å². The third-order valence-electron chi connectivity index (χ3n) is 3.90. The van der Waals surface area contributed by atoms with E-state index in [0.717, 1.165) is 0 Å². The quantitative estimate of drug-likeness (QED) is 0.505. The highest BCUT2D eigenvalue weighted by molar-refractivity contribution is 7.50. The van der Waals surface area contributed by atoms with Gasteiger partial charge in [-0.3, -0.25) is 0 Å². The predicted molar refractivity (Wildman–Crippen MR) is 93.2 cm³/mol. The molecule has 0 aliphatic heterocycles. The maximum absolute atomic E-state index is 5.71. The SMILES string of the molecule is NCc1ccc(-[s+]2c3ccccc3c3ccccc32)cc1. The molecule has 1 heterocycles. The first-order chi connectivity index (χ1) is 10.4. The van der Waals surface area contributed by atoms with Gasteiger partial charge >= 0.3 is 0 Å². The summed E-state index contributed by atoms with van der Waals surface area (Å²) in [6.45, 7) is 0.598. The number of hydrogen-bond acceptors (Lipinski definition) is 1. The molecular formula is C19H16NS+. The van der Waals surface area contributed by atoms with E-state index in [2.05, 4.69) is 72.8 Å². The van der Waals surface area contributed by atoms with Gasteiger partial charge in [0.2, 0.25) is 0 Å². The molecule has 0 spiro atoms. The Hall–Kier alpha value is -2.16. The van der Waals surface area contributed by atoms with Crippen molar-refractivity contribution in [3.05, 3.63) is 78.4 Å². The molecule has 0 aliphatic carbocycles. The average Bonchev–Trinajstić information content (AvgIpc) is 2.90. The van der Waals surface area contributed by atoms with Crippen LogP contribution in [0.3, 0.4) is 0 Å². The maximum Gasteiger partial charge on any atom is 0.187 e. The molecule has 0 atom stereocenters. The number of benzene rings is 3. The Bertz CT molecular complexity index is 866. The second kappa shape index (κ2) is 4.99. The van der Waals surface area contributed by atoms with Crippen LogP contribution in [0.2, 0.25) is 0 Å². The number of thiophene rings is 1. The molecule has 4 aromatic rings. The monoisotopic (exact) mass is 290 g/mol. The summed E-state index contributed by atoms with van der Waals surface area (Å²) in [5.74, 6) is 0. The molecule has 21 heavy (non-hydrogen) atoms. The molecule has 0 unspecified atom stereocenters. The van der Waals surface area contributed by atoms with E-state index in [1.54, 1.807) is 0 Å². The second-order valence-corrected chi connectivity index (χ2v) is 7.11. The van der Waals surface area contributed by atoms with Gasteiger partial charge in [0.15, 0.2) is 14.3 Å². The van der Waals surface area contributed by atoms with Crippen molar-refractivity contribution in [1.82, 2.24) is 0 Å². The molecule has 4 rings (SSSR count). The lowest BCUT2D eigenvalue weighted by Gasteiger charge is -1.96. The predicted octanol–water partition coefficient (Wildman–Crippen LogP) is 5.19. The molecule has 1 aromatic heterocycles. The standard InChI is InChI=1S/C19H16NS/c20-13-14-9-11-15(12-10-14)21-18-7-3-1-5-16(18)17-6-2-4-8-19(17)21/h1-12H,13,20H2/q+1. The van der Waals surface area contributed by atoms with Gasteiger partial charge in [0.05, 0.1) is 0 Å². The second-order valence-electron chi connectivity index (χ2n) is 5.15. The van der Waals surface area contributed by atoms with E-state index in [9.17, 15) is 0 Å². The molecule has 0 fully saturated rings. The number of hydrogen-bond donors (Lipinski definition) is 1. The highest BCUT2D eigenvalue weighted by atomic mass is 32.2. The number of fused-ring (bicyclic) bond motifs is 3. The lowest BCUT2D eigenvalue weighted by atomic mass is 10.2. The van der Waals surface area contributed by atoms with Crippen molar-refractivity contribution < 1.29 is 0 Å². The van der Waals surface area contributed by atoms with E-state index >= 15 is 0 Å². The van der Waals surface area contributed by atoms with Gasteiger partial charge in [-0.25, -0.2) is 0 Å². The number of nitrogens with two attached hydrogens (primary N) is 1. The van der Waals surface area contributed by atoms with E-state index in [4.69, 9.17) is 5.73 Å². The zero-order chi connectivity index (χ0) is 14.2. The first kappa shape index (κ1) is 12.6. The third-order valence-corrected chi connectivity index (χ3v) is 6.23. The topological polar surface area (TPSA) is 26.0 Å². The molecular weight excluding hydrogens is 274 g/mol. The zero-order valence-electron chi connectivity index (χ0n) is 11.6. The highest BCUT2D eigenvalue weighted by Gasteiger charge is 2.22. The molecule has 0 saturated heterocycles. The summed E-state index contributed by atoms with van der Waals surface area (Å²) in [4.78, 5) is 1.37.